The molecule has 17 heavy (non-hydrogen) atoms. The minimum Gasteiger partial charge on any atom is -0.465 e. The highest BCUT2D eigenvalue weighted by atomic mass is 35.5. The number of ether oxygens (including phenoxy) is 1. The SMILES string of the molecule is CCON=C=C1C=CC(C(=O)OCC)C=C1.Cl. The minimum absolute atomic E-state index is 0. The molecule has 1 rings (SSSR count). The Kier molecular flexibility index (Phi) is 7.85. The van der Waals surface area contributed by atoms with Gasteiger partial charge in [-0.3, -0.25) is 4.79 Å². The average molecular weight is 258 g/mol. The van der Waals surface area contributed by atoms with Crippen LogP contribution in [0.25, 0.3) is 0 Å². The smallest absolute Gasteiger partial charge is 0.316 e. The van der Waals surface area contributed by atoms with E-state index in [1.165, 1.54) is 0 Å². The maximum atomic E-state index is 11.4. The van der Waals surface area contributed by atoms with Gasteiger partial charge in [0.05, 0.1) is 12.5 Å². The third-order valence-electron chi connectivity index (χ3n) is 1.89. The van der Waals surface area contributed by atoms with E-state index in [1.54, 1.807) is 31.2 Å². The molecule has 94 valence electrons. The summed E-state index contributed by atoms with van der Waals surface area (Å²) in [6.45, 7) is 4.54. The average Bonchev–Trinajstić information content (AvgIpc) is 2.30. The van der Waals surface area contributed by atoms with Crippen molar-refractivity contribution in [3.8, 4) is 0 Å². The molecule has 5 heteroatoms. The van der Waals surface area contributed by atoms with Crippen LogP contribution in [0.15, 0.2) is 35.0 Å². The van der Waals surface area contributed by atoms with Gasteiger partial charge in [-0.25, -0.2) is 0 Å². The molecule has 0 aromatic heterocycles. The van der Waals surface area contributed by atoms with Gasteiger partial charge in [-0.1, -0.05) is 12.2 Å². The van der Waals surface area contributed by atoms with Gasteiger partial charge in [0.25, 0.3) is 0 Å². The van der Waals surface area contributed by atoms with Crippen LogP contribution >= 0.6 is 12.4 Å². The van der Waals surface area contributed by atoms with Crippen LogP contribution < -0.4 is 0 Å². The number of carbonyl (C=O) groups excluding carboxylic acids is 1. The molecule has 0 saturated carbocycles. The fourth-order valence-corrected chi connectivity index (χ4v) is 1.15. The molecule has 0 bridgehead atoms. The zero-order valence-corrected chi connectivity index (χ0v) is 10.7. The van der Waals surface area contributed by atoms with Crippen LogP contribution in [-0.2, 0) is 14.4 Å². The molecular formula is C12H16ClNO3. The lowest BCUT2D eigenvalue weighted by Crippen LogP contribution is -2.14. The normalized spacial score (nSPS) is 16.8. The number of halogens is 1. The molecular weight excluding hydrogens is 242 g/mol. The Labute approximate surface area is 107 Å². The maximum Gasteiger partial charge on any atom is 0.316 e. The first-order valence-electron chi connectivity index (χ1n) is 5.26. The molecule has 0 aromatic carbocycles. The Morgan fingerprint density at radius 1 is 1.35 bits per heavy atom. The molecule has 0 amide bonds. The highest BCUT2D eigenvalue weighted by molar-refractivity contribution is 5.85. The van der Waals surface area contributed by atoms with Gasteiger partial charge in [0.2, 0.25) is 0 Å². The first-order valence-corrected chi connectivity index (χ1v) is 5.26. The van der Waals surface area contributed by atoms with E-state index < -0.39 is 0 Å². The topological polar surface area (TPSA) is 47.9 Å². The summed E-state index contributed by atoms with van der Waals surface area (Å²) in [5, 5.41) is 3.61. The van der Waals surface area contributed by atoms with Gasteiger partial charge in [-0.15, -0.1) is 12.4 Å². The molecule has 4 nitrogen and oxygen atoms in total. The maximum absolute atomic E-state index is 11.4. The van der Waals surface area contributed by atoms with Crippen molar-refractivity contribution in [1.82, 2.24) is 0 Å². The molecule has 0 spiro atoms. The fraction of sp³-hybridized carbons (Fsp3) is 0.417. The summed E-state index contributed by atoms with van der Waals surface area (Å²) in [6.07, 6.45) is 7.04. The second kappa shape index (κ2) is 8.62. The van der Waals surface area contributed by atoms with E-state index in [1.807, 2.05) is 6.92 Å². The number of hydrogen-bond acceptors (Lipinski definition) is 4. The predicted molar refractivity (Wildman–Crippen MR) is 68.2 cm³/mol. The van der Waals surface area contributed by atoms with Crippen molar-refractivity contribution in [1.29, 1.82) is 0 Å². The monoisotopic (exact) mass is 257 g/mol. The number of rotatable bonds is 4. The Morgan fingerprint density at radius 3 is 2.53 bits per heavy atom. The number of esters is 1. The second-order valence-corrected chi connectivity index (χ2v) is 3.07. The van der Waals surface area contributed by atoms with Crippen LogP contribution in [-0.4, -0.2) is 25.1 Å². The van der Waals surface area contributed by atoms with Gasteiger partial charge < -0.3 is 9.57 Å². The Balaban J connectivity index is 0.00000256. The molecule has 0 heterocycles. The standard InChI is InChI=1S/C12H15NO3.ClH/c1-3-15-12(14)11-7-5-10(6-8-11)9-13-16-4-2;/h5-8,11H,3-4H2,1-2H3;1H. The molecule has 0 radical (unpaired) electrons. The number of carbonyl (C=O) groups is 1. The van der Waals surface area contributed by atoms with Crippen molar-refractivity contribution in [3.05, 3.63) is 29.9 Å². The summed E-state index contributed by atoms with van der Waals surface area (Å²) in [5.41, 5.74) is 0.772. The van der Waals surface area contributed by atoms with E-state index in [2.05, 4.69) is 11.0 Å². The van der Waals surface area contributed by atoms with Gasteiger partial charge in [-0.05, 0) is 31.2 Å². The minimum atomic E-state index is -0.308. The molecule has 0 N–H and O–H groups in total. The summed E-state index contributed by atoms with van der Waals surface area (Å²) in [4.78, 5) is 16.1. The molecule has 0 unspecified atom stereocenters. The van der Waals surface area contributed by atoms with E-state index in [4.69, 9.17) is 9.57 Å². The van der Waals surface area contributed by atoms with Gasteiger partial charge in [0, 0.05) is 11.4 Å². The largest absolute Gasteiger partial charge is 0.465 e. The van der Waals surface area contributed by atoms with E-state index >= 15 is 0 Å². The summed E-state index contributed by atoms with van der Waals surface area (Å²) in [7, 11) is 0. The van der Waals surface area contributed by atoms with Crippen LogP contribution in [0.1, 0.15) is 13.8 Å². The molecule has 0 fully saturated rings. The number of hydrogen-bond donors (Lipinski definition) is 0. The lowest BCUT2D eigenvalue weighted by atomic mass is 10.0. The van der Waals surface area contributed by atoms with Gasteiger partial charge in [0.1, 0.15) is 6.61 Å². The van der Waals surface area contributed by atoms with E-state index in [-0.39, 0.29) is 24.3 Å². The number of nitrogens with zero attached hydrogens (tertiary/aromatic N) is 1. The van der Waals surface area contributed by atoms with Crippen LogP contribution in [0, 0.1) is 5.92 Å². The van der Waals surface area contributed by atoms with Gasteiger partial charge in [-0.2, -0.15) is 0 Å². The van der Waals surface area contributed by atoms with Crippen LogP contribution in [0.2, 0.25) is 0 Å². The predicted octanol–water partition coefficient (Wildman–Crippen LogP) is 2.26. The molecule has 0 saturated heterocycles. The Morgan fingerprint density at radius 2 is 2.00 bits per heavy atom. The Bertz CT molecular complexity index is 352. The van der Waals surface area contributed by atoms with Gasteiger partial charge >= 0.3 is 5.97 Å². The van der Waals surface area contributed by atoms with Crippen LogP contribution in [0.5, 0.6) is 0 Å². The highest BCUT2D eigenvalue weighted by Gasteiger charge is 2.15. The van der Waals surface area contributed by atoms with E-state index in [0.29, 0.717) is 13.2 Å². The first kappa shape index (κ1) is 15.5. The molecule has 0 atom stereocenters. The summed E-state index contributed by atoms with van der Waals surface area (Å²) >= 11 is 0. The highest BCUT2D eigenvalue weighted by Crippen LogP contribution is 2.13. The third-order valence-corrected chi connectivity index (χ3v) is 1.89. The summed E-state index contributed by atoms with van der Waals surface area (Å²) in [5.74, 6) is 2.16. The second-order valence-electron chi connectivity index (χ2n) is 3.07. The fourth-order valence-electron chi connectivity index (χ4n) is 1.15. The van der Waals surface area contributed by atoms with E-state index in [9.17, 15) is 4.79 Å². The van der Waals surface area contributed by atoms with Crippen molar-refractivity contribution in [2.45, 2.75) is 13.8 Å². The zero-order valence-electron chi connectivity index (χ0n) is 9.88. The quantitative estimate of drug-likeness (QED) is 0.441. The zero-order chi connectivity index (χ0) is 11.8. The van der Waals surface area contributed by atoms with E-state index in [0.717, 1.165) is 5.57 Å². The summed E-state index contributed by atoms with van der Waals surface area (Å²) < 4.78 is 4.90. The van der Waals surface area contributed by atoms with Gasteiger partial charge in [0.15, 0.2) is 0 Å². The lowest BCUT2D eigenvalue weighted by Gasteiger charge is -2.09. The van der Waals surface area contributed by atoms with Crippen molar-refractivity contribution in [2.24, 2.45) is 11.1 Å². The molecule has 0 aromatic rings. The molecule has 1 aliphatic carbocycles. The molecule has 1 aliphatic rings. The Hall–Kier alpha value is -1.51. The van der Waals surface area contributed by atoms with Crippen LogP contribution in [0.4, 0.5) is 0 Å². The van der Waals surface area contributed by atoms with Crippen molar-refractivity contribution in [3.63, 3.8) is 0 Å². The van der Waals surface area contributed by atoms with Crippen molar-refractivity contribution >= 4 is 24.2 Å². The third kappa shape index (κ3) is 5.38. The van der Waals surface area contributed by atoms with Crippen LogP contribution in [0.3, 0.4) is 0 Å². The van der Waals surface area contributed by atoms with Crippen molar-refractivity contribution < 1.29 is 14.4 Å². The first-order chi connectivity index (χ1) is 7.77. The summed E-state index contributed by atoms with van der Waals surface area (Å²) in [6, 6.07) is 0. The van der Waals surface area contributed by atoms with Crippen molar-refractivity contribution in [2.75, 3.05) is 13.2 Å². The number of allylic oxidation sites excluding steroid dienone is 3. The lowest BCUT2D eigenvalue weighted by molar-refractivity contribution is -0.144. The molecule has 0 aliphatic heterocycles.